The van der Waals surface area contributed by atoms with Crippen LogP contribution in [0.15, 0.2) is 17.9 Å². The molecule has 16 heavy (non-hydrogen) atoms. The van der Waals surface area contributed by atoms with Crippen LogP contribution in [0.5, 0.6) is 0 Å². The SMILES string of the molecule is [CH-]=C/C(=C\[CH]=[V])O[C@H]1CN[C@H](C(=O)OC)C1. The molecule has 0 amide bonds. The van der Waals surface area contributed by atoms with E-state index in [1.54, 1.807) is 10.8 Å². The molecule has 0 aromatic heterocycles. The van der Waals surface area contributed by atoms with Crippen LogP contribution < -0.4 is 5.32 Å². The van der Waals surface area contributed by atoms with Crippen LogP contribution in [0.25, 0.3) is 0 Å². The van der Waals surface area contributed by atoms with E-state index in [1.165, 1.54) is 13.2 Å². The number of hydrogen-bond acceptors (Lipinski definition) is 4. The molecule has 0 aromatic carbocycles. The Bertz CT molecular complexity index is 314. The first-order chi connectivity index (χ1) is 7.71. The monoisotopic (exact) mass is 259 g/mol. The predicted octanol–water partition coefficient (Wildman–Crippen LogP) is 0.129. The Hall–Kier alpha value is -0.836. The van der Waals surface area contributed by atoms with Gasteiger partial charge in [-0.1, -0.05) is 0 Å². The second-order valence-corrected chi connectivity index (χ2v) is 3.81. The molecular weight excluding hydrogens is 245 g/mol. The van der Waals surface area contributed by atoms with Crippen LogP contribution in [0.1, 0.15) is 6.42 Å². The normalized spacial score (nSPS) is 24.9. The van der Waals surface area contributed by atoms with Crippen LogP contribution >= 0.6 is 0 Å². The molecule has 2 atom stereocenters. The first-order valence-electron chi connectivity index (χ1n) is 4.91. The fraction of sp³-hybridized carbons (Fsp3) is 0.455. The zero-order chi connectivity index (χ0) is 12.0. The fourth-order valence-electron chi connectivity index (χ4n) is 1.51. The van der Waals surface area contributed by atoms with Gasteiger partial charge in [0.15, 0.2) is 0 Å². The van der Waals surface area contributed by atoms with Gasteiger partial charge in [0.1, 0.15) is 0 Å². The molecule has 1 rings (SSSR count). The van der Waals surface area contributed by atoms with E-state index >= 15 is 0 Å². The molecule has 0 radical (unpaired) electrons. The van der Waals surface area contributed by atoms with E-state index < -0.39 is 0 Å². The van der Waals surface area contributed by atoms with E-state index in [2.05, 4.69) is 27.0 Å². The first-order valence-corrected chi connectivity index (χ1v) is 5.72. The van der Waals surface area contributed by atoms with Gasteiger partial charge in [-0.3, -0.25) is 0 Å². The van der Waals surface area contributed by atoms with Crippen molar-refractivity contribution in [3.05, 3.63) is 24.5 Å². The Labute approximate surface area is 104 Å². The third-order valence-corrected chi connectivity index (χ3v) is 2.51. The zero-order valence-corrected chi connectivity index (χ0v) is 10.4. The second kappa shape index (κ2) is 6.68. The summed E-state index contributed by atoms with van der Waals surface area (Å²) >= 11 is 2.30. The maximum absolute atomic E-state index is 11.2. The van der Waals surface area contributed by atoms with E-state index in [9.17, 15) is 4.79 Å². The number of rotatable bonds is 5. The van der Waals surface area contributed by atoms with Crippen LogP contribution in [-0.2, 0) is 31.2 Å². The average Bonchev–Trinajstić information content (AvgIpc) is 2.76. The molecule has 0 aromatic rings. The number of hydrogen-bond donors (Lipinski definition) is 1. The van der Waals surface area contributed by atoms with Crippen molar-refractivity contribution in [3.8, 4) is 0 Å². The molecule has 0 saturated carbocycles. The third-order valence-electron chi connectivity index (χ3n) is 2.28. The van der Waals surface area contributed by atoms with Crippen LogP contribution in [0, 0.1) is 6.58 Å². The van der Waals surface area contributed by atoms with Crippen LogP contribution in [0.2, 0.25) is 0 Å². The van der Waals surface area contributed by atoms with Gasteiger partial charge in [-0.25, -0.2) is 0 Å². The van der Waals surface area contributed by atoms with Crippen molar-refractivity contribution >= 4 is 10.7 Å². The van der Waals surface area contributed by atoms with E-state index in [-0.39, 0.29) is 18.1 Å². The van der Waals surface area contributed by atoms with Crippen molar-refractivity contribution in [3.63, 3.8) is 0 Å². The van der Waals surface area contributed by atoms with Gasteiger partial charge >= 0.3 is 104 Å². The molecule has 1 fully saturated rings. The molecule has 1 N–H and O–H groups in total. The molecule has 5 heteroatoms. The fourth-order valence-corrected chi connectivity index (χ4v) is 1.74. The van der Waals surface area contributed by atoms with E-state index in [1.807, 2.05) is 0 Å². The van der Waals surface area contributed by atoms with Gasteiger partial charge in [0, 0.05) is 0 Å². The van der Waals surface area contributed by atoms with Gasteiger partial charge in [-0.15, -0.1) is 0 Å². The Morgan fingerprint density at radius 1 is 1.62 bits per heavy atom. The summed E-state index contributed by atoms with van der Waals surface area (Å²) in [6, 6.07) is -0.282. The van der Waals surface area contributed by atoms with Crippen LogP contribution in [-0.4, -0.2) is 36.5 Å². The summed E-state index contributed by atoms with van der Waals surface area (Å²) in [5, 5.41) is 3.03. The van der Waals surface area contributed by atoms with E-state index in [4.69, 9.17) is 11.3 Å². The molecule has 1 aliphatic rings. The summed E-state index contributed by atoms with van der Waals surface area (Å²) in [7, 11) is 1.38. The van der Waals surface area contributed by atoms with E-state index in [0.717, 1.165) is 0 Å². The number of allylic oxidation sites excluding steroid dienone is 2. The molecule has 1 saturated heterocycles. The number of carbonyl (C=O) groups excluding carboxylic acids is 1. The van der Waals surface area contributed by atoms with Gasteiger partial charge in [-0.05, 0) is 0 Å². The molecule has 87 valence electrons. The van der Waals surface area contributed by atoms with Gasteiger partial charge in [0.2, 0.25) is 0 Å². The number of methoxy groups -OCH3 is 1. The summed E-state index contributed by atoms with van der Waals surface area (Å²) in [5.74, 6) is 0.338. The topological polar surface area (TPSA) is 47.6 Å². The Morgan fingerprint density at radius 3 is 2.94 bits per heavy atom. The summed E-state index contributed by atoms with van der Waals surface area (Å²) in [6.07, 6.45) is 3.69. The van der Waals surface area contributed by atoms with Gasteiger partial charge < -0.3 is 0 Å². The molecule has 0 spiro atoms. The van der Waals surface area contributed by atoms with Gasteiger partial charge in [0.25, 0.3) is 0 Å². The third kappa shape index (κ3) is 3.63. The van der Waals surface area contributed by atoms with Crippen LogP contribution in [0.4, 0.5) is 0 Å². The van der Waals surface area contributed by atoms with Gasteiger partial charge in [0.05, 0.1) is 0 Å². The van der Waals surface area contributed by atoms with Crippen molar-refractivity contribution in [1.82, 2.24) is 5.32 Å². The van der Waals surface area contributed by atoms with Crippen molar-refractivity contribution in [1.29, 1.82) is 0 Å². The molecule has 0 bridgehead atoms. The zero-order valence-electron chi connectivity index (χ0n) is 9.05. The molecule has 1 heterocycles. The molecular formula is C11H14NO3V-. The van der Waals surface area contributed by atoms with Crippen molar-refractivity contribution in [2.24, 2.45) is 0 Å². The number of carbonyl (C=O) groups is 1. The standard InChI is InChI=1S/C11H14NO3.V/c1-4-8(5-2)15-9-6-10(12-7-9)11(13)14-3;/h1-2,4-5,9-10,12H,6-7H2,3H3;/q-1;/b8-4+;/t9-,10+;/m1./s1. The Kier molecular flexibility index (Phi) is 5.53. The Morgan fingerprint density at radius 2 is 2.38 bits per heavy atom. The van der Waals surface area contributed by atoms with Crippen molar-refractivity contribution in [2.45, 2.75) is 18.6 Å². The second-order valence-electron chi connectivity index (χ2n) is 3.34. The van der Waals surface area contributed by atoms with Gasteiger partial charge in [-0.2, -0.15) is 0 Å². The maximum atomic E-state index is 11.2. The van der Waals surface area contributed by atoms with E-state index in [0.29, 0.717) is 18.7 Å². The first kappa shape index (κ1) is 13.2. The molecule has 1 aliphatic heterocycles. The quantitative estimate of drug-likeness (QED) is 0.330. The average molecular weight is 259 g/mol. The predicted molar refractivity (Wildman–Crippen MR) is 56.3 cm³/mol. The summed E-state index contributed by atoms with van der Waals surface area (Å²) in [4.78, 5) is 11.2. The number of ether oxygens (including phenoxy) is 2. The summed E-state index contributed by atoms with van der Waals surface area (Å²) in [5.41, 5.74) is 0. The molecule has 4 nitrogen and oxygen atoms in total. The van der Waals surface area contributed by atoms with Crippen molar-refractivity contribution < 1.29 is 31.2 Å². The summed E-state index contributed by atoms with van der Waals surface area (Å²) < 4.78 is 12.0. The summed E-state index contributed by atoms with van der Waals surface area (Å²) in [6.45, 7) is 6.01. The number of nitrogens with one attached hydrogen (secondary N) is 1. The minimum absolute atomic E-state index is 0.0531. The Balaban J connectivity index is 2.47. The molecule has 0 unspecified atom stereocenters. The minimum atomic E-state index is -0.282. The molecule has 0 aliphatic carbocycles. The van der Waals surface area contributed by atoms with Crippen molar-refractivity contribution in [2.75, 3.05) is 13.7 Å². The number of esters is 1. The van der Waals surface area contributed by atoms with Crippen LogP contribution in [0.3, 0.4) is 0 Å².